The molecule has 2 aromatic heterocycles. The molecule has 3 aromatic rings. The van der Waals surface area contributed by atoms with Crippen LogP contribution in [0.2, 0.25) is 0 Å². The Morgan fingerprint density at radius 1 is 0.964 bits per heavy atom. The second-order valence-corrected chi connectivity index (χ2v) is 7.53. The molecule has 0 bridgehead atoms. The van der Waals surface area contributed by atoms with E-state index in [4.69, 9.17) is 5.73 Å². The van der Waals surface area contributed by atoms with E-state index in [9.17, 15) is 4.39 Å². The molecule has 0 spiro atoms. The second kappa shape index (κ2) is 8.59. The van der Waals surface area contributed by atoms with Crippen LogP contribution in [0, 0.1) is 5.82 Å². The summed E-state index contributed by atoms with van der Waals surface area (Å²) in [6.45, 7) is 5.56. The highest BCUT2D eigenvalue weighted by atomic mass is 32.1. The topological polar surface area (TPSA) is 83.2 Å². The number of benzene rings is 1. The van der Waals surface area contributed by atoms with Gasteiger partial charge in [0.2, 0.25) is 11.9 Å². The fourth-order valence-electron chi connectivity index (χ4n) is 3.17. The number of anilines is 3. The van der Waals surface area contributed by atoms with E-state index in [-0.39, 0.29) is 11.8 Å². The van der Waals surface area contributed by atoms with E-state index in [1.165, 1.54) is 17.7 Å². The second-order valence-electron chi connectivity index (χ2n) is 6.75. The van der Waals surface area contributed by atoms with E-state index >= 15 is 0 Å². The summed E-state index contributed by atoms with van der Waals surface area (Å²) in [5, 5.41) is 7.37. The summed E-state index contributed by atoms with van der Waals surface area (Å²) >= 11 is 1.74. The molecule has 146 valence electrons. The lowest BCUT2D eigenvalue weighted by atomic mass is 10.2. The first-order valence-corrected chi connectivity index (χ1v) is 10.1. The van der Waals surface area contributed by atoms with E-state index in [2.05, 4.69) is 46.9 Å². The standard InChI is InChI=1S/C19H22FN7S/c20-15-1-3-16(4-2-15)22-19-24-17(23-18(21)25-19)12-27-8-6-26(7-9-27)11-14-5-10-28-13-14/h1-5,10,13H,6-9,11-12H2,(H3,21,22,23,24,25). The first-order chi connectivity index (χ1) is 13.6. The van der Waals surface area contributed by atoms with Crippen LogP contribution in [0.25, 0.3) is 0 Å². The van der Waals surface area contributed by atoms with Crippen LogP contribution < -0.4 is 11.1 Å². The van der Waals surface area contributed by atoms with Gasteiger partial charge in [0.1, 0.15) is 11.6 Å². The fraction of sp³-hybridized carbons (Fsp3) is 0.316. The first kappa shape index (κ1) is 18.7. The maximum absolute atomic E-state index is 13.0. The molecule has 7 nitrogen and oxygen atoms in total. The van der Waals surface area contributed by atoms with Crippen LogP contribution in [0.1, 0.15) is 11.4 Å². The highest BCUT2D eigenvalue weighted by Crippen LogP contribution is 2.16. The van der Waals surface area contributed by atoms with Gasteiger partial charge in [0.05, 0.1) is 6.54 Å². The molecule has 9 heteroatoms. The van der Waals surface area contributed by atoms with Gasteiger partial charge in [0, 0.05) is 38.4 Å². The summed E-state index contributed by atoms with van der Waals surface area (Å²) in [5.74, 6) is 0.874. The third-order valence-corrected chi connectivity index (χ3v) is 5.35. The lowest BCUT2D eigenvalue weighted by molar-refractivity contribution is 0.120. The summed E-state index contributed by atoms with van der Waals surface area (Å²) < 4.78 is 13.0. The molecular formula is C19H22FN7S. The van der Waals surface area contributed by atoms with Gasteiger partial charge in [-0.1, -0.05) is 0 Å². The quantitative estimate of drug-likeness (QED) is 0.659. The van der Waals surface area contributed by atoms with Crippen LogP contribution in [0.4, 0.5) is 22.0 Å². The first-order valence-electron chi connectivity index (χ1n) is 9.13. The Bertz CT molecular complexity index is 893. The van der Waals surface area contributed by atoms with Crippen molar-refractivity contribution < 1.29 is 4.39 Å². The van der Waals surface area contributed by atoms with Gasteiger partial charge in [0.15, 0.2) is 0 Å². The number of piperazine rings is 1. The van der Waals surface area contributed by atoms with E-state index in [1.807, 2.05) is 0 Å². The summed E-state index contributed by atoms with van der Waals surface area (Å²) in [6, 6.07) is 8.19. The third kappa shape index (κ3) is 5.00. The van der Waals surface area contributed by atoms with Crippen LogP contribution in [0.15, 0.2) is 41.1 Å². The number of nitrogens with zero attached hydrogens (tertiary/aromatic N) is 5. The number of nitrogen functional groups attached to an aromatic ring is 1. The Labute approximate surface area is 167 Å². The predicted octanol–water partition coefficient (Wildman–Crippen LogP) is 2.72. The van der Waals surface area contributed by atoms with Gasteiger partial charge in [-0.05, 0) is 46.7 Å². The van der Waals surface area contributed by atoms with Crippen LogP contribution in [-0.2, 0) is 13.1 Å². The molecule has 0 atom stereocenters. The smallest absolute Gasteiger partial charge is 0.232 e. The Balaban J connectivity index is 1.34. The molecular weight excluding hydrogens is 377 g/mol. The molecule has 1 aliphatic rings. The minimum absolute atomic E-state index is 0.172. The molecule has 0 radical (unpaired) electrons. The molecule has 0 aliphatic carbocycles. The summed E-state index contributed by atoms with van der Waals surface area (Å²) in [7, 11) is 0. The van der Waals surface area contributed by atoms with E-state index < -0.39 is 0 Å². The normalized spacial score (nSPS) is 15.6. The molecule has 0 amide bonds. The Kier molecular flexibility index (Phi) is 5.75. The number of hydrogen-bond acceptors (Lipinski definition) is 8. The third-order valence-electron chi connectivity index (χ3n) is 4.62. The average Bonchev–Trinajstić information content (AvgIpc) is 3.18. The zero-order valence-electron chi connectivity index (χ0n) is 15.4. The van der Waals surface area contributed by atoms with Gasteiger partial charge in [0.25, 0.3) is 0 Å². The molecule has 0 saturated carbocycles. The molecule has 1 saturated heterocycles. The molecule has 1 aliphatic heterocycles. The summed E-state index contributed by atoms with van der Waals surface area (Å²) in [5.41, 5.74) is 7.92. The van der Waals surface area contributed by atoms with Crippen molar-refractivity contribution in [2.75, 3.05) is 37.2 Å². The molecule has 3 heterocycles. The lowest BCUT2D eigenvalue weighted by Gasteiger charge is -2.34. The molecule has 3 N–H and O–H groups in total. The van der Waals surface area contributed by atoms with Crippen molar-refractivity contribution in [1.29, 1.82) is 0 Å². The number of hydrogen-bond donors (Lipinski definition) is 2. The highest BCUT2D eigenvalue weighted by molar-refractivity contribution is 7.07. The van der Waals surface area contributed by atoms with Crippen LogP contribution in [0.5, 0.6) is 0 Å². The molecule has 28 heavy (non-hydrogen) atoms. The summed E-state index contributed by atoms with van der Waals surface area (Å²) in [6.07, 6.45) is 0. The molecule has 0 unspecified atom stereocenters. The van der Waals surface area contributed by atoms with Crippen molar-refractivity contribution in [3.05, 3.63) is 58.3 Å². The number of aromatic nitrogens is 3. The maximum Gasteiger partial charge on any atom is 0.232 e. The highest BCUT2D eigenvalue weighted by Gasteiger charge is 2.18. The zero-order chi connectivity index (χ0) is 19.3. The van der Waals surface area contributed by atoms with Gasteiger partial charge in [-0.3, -0.25) is 9.80 Å². The maximum atomic E-state index is 13.0. The molecule has 1 aromatic carbocycles. The zero-order valence-corrected chi connectivity index (χ0v) is 16.2. The van der Waals surface area contributed by atoms with E-state index in [1.54, 1.807) is 23.5 Å². The fourth-order valence-corrected chi connectivity index (χ4v) is 3.83. The number of nitrogens with one attached hydrogen (secondary N) is 1. The number of thiophene rings is 1. The van der Waals surface area contributed by atoms with Gasteiger partial charge in [-0.2, -0.15) is 26.3 Å². The lowest BCUT2D eigenvalue weighted by Crippen LogP contribution is -2.45. The predicted molar refractivity (Wildman–Crippen MR) is 109 cm³/mol. The SMILES string of the molecule is Nc1nc(CN2CCN(Cc3ccsc3)CC2)nc(Nc2ccc(F)cc2)n1. The minimum atomic E-state index is -0.292. The van der Waals surface area contributed by atoms with Gasteiger partial charge < -0.3 is 11.1 Å². The van der Waals surface area contributed by atoms with Crippen molar-refractivity contribution in [3.63, 3.8) is 0 Å². The van der Waals surface area contributed by atoms with Gasteiger partial charge >= 0.3 is 0 Å². The Hall–Kier alpha value is -2.62. The monoisotopic (exact) mass is 399 g/mol. The molecule has 1 fully saturated rings. The average molecular weight is 399 g/mol. The number of rotatable bonds is 6. The van der Waals surface area contributed by atoms with Crippen LogP contribution >= 0.6 is 11.3 Å². The van der Waals surface area contributed by atoms with Crippen molar-refractivity contribution in [3.8, 4) is 0 Å². The number of nitrogens with two attached hydrogens (primary N) is 1. The Morgan fingerprint density at radius 3 is 2.36 bits per heavy atom. The number of halogens is 1. The van der Waals surface area contributed by atoms with Crippen LogP contribution in [0.3, 0.4) is 0 Å². The van der Waals surface area contributed by atoms with Crippen molar-refractivity contribution in [2.45, 2.75) is 13.1 Å². The van der Waals surface area contributed by atoms with Gasteiger partial charge in [-0.15, -0.1) is 0 Å². The van der Waals surface area contributed by atoms with Crippen molar-refractivity contribution >= 4 is 28.9 Å². The summed E-state index contributed by atoms with van der Waals surface area (Å²) in [4.78, 5) is 17.6. The molecule has 4 rings (SSSR count). The largest absolute Gasteiger partial charge is 0.368 e. The van der Waals surface area contributed by atoms with Gasteiger partial charge in [-0.25, -0.2) is 4.39 Å². The van der Waals surface area contributed by atoms with Crippen molar-refractivity contribution in [2.24, 2.45) is 0 Å². The van der Waals surface area contributed by atoms with E-state index in [0.29, 0.717) is 24.0 Å². The minimum Gasteiger partial charge on any atom is -0.368 e. The van der Waals surface area contributed by atoms with Crippen LogP contribution in [-0.4, -0.2) is 50.9 Å². The Morgan fingerprint density at radius 2 is 1.68 bits per heavy atom. The van der Waals surface area contributed by atoms with E-state index in [0.717, 1.165) is 32.7 Å². The van der Waals surface area contributed by atoms with Crippen molar-refractivity contribution in [1.82, 2.24) is 24.8 Å².